The standard InChI is InChI=1S/C42H59N3O8S/c1-30-8-15-38(16-9-30)54(47,48)45-25-42(53-29-35-12-17-41-40(23-35)44(19-21-52-41)18-7-20-49-5)39(24-37(45)22-32(3)43-33(4)46)36-13-10-34(11-14-36)28-51-27-31(2)26-50-6/h8-17,23,31-32,37,39,42H,7,18-22,24-29H2,1-6H3,(H,43,46)/t31?,32-,37+,39+,42-/m0/s1. The Bertz CT molecular complexity index is 1740. The van der Waals surface area contributed by atoms with E-state index in [9.17, 15) is 13.2 Å². The molecule has 3 aromatic carbocycles. The molecule has 0 bridgehead atoms. The summed E-state index contributed by atoms with van der Waals surface area (Å²) in [5.41, 5.74) is 5.13. The Morgan fingerprint density at radius 3 is 2.41 bits per heavy atom. The lowest BCUT2D eigenvalue weighted by Crippen LogP contribution is -2.54. The van der Waals surface area contributed by atoms with Crippen LogP contribution in [-0.2, 0) is 47.0 Å². The summed E-state index contributed by atoms with van der Waals surface area (Å²) in [5, 5.41) is 2.97. The minimum absolute atomic E-state index is 0.104. The molecule has 1 saturated heterocycles. The third-order valence-electron chi connectivity index (χ3n) is 10.2. The number of anilines is 1. The number of ether oxygens (including phenoxy) is 5. The second-order valence-electron chi connectivity index (χ2n) is 14.9. The van der Waals surface area contributed by atoms with Crippen LogP contribution in [-0.4, -0.2) is 97.1 Å². The number of benzene rings is 3. The lowest BCUT2D eigenvalue weighted by Gasteiger charge is -2.44. The van der Waals surface area contributed by atoms with Gasteiger partial charge in [-0.05, 0) is 74.1 Å². The fourth-order valence-corrected chi connectivity index (χ4v) is 9.18. The number of carbonyl (C=O) groups excluding carboxylic acids is 1. The van der Waals surface area contributed by atoms with Gasteiger partial charge in [-0.25, -0.2) is 8.42 Å². The van der Waals surface area contributed by atoms with Crippen LogP contribution >= 0.6 is 0 Å². The molecule has 1 N–H and O–H groups in total. The Morgan fingerprint density at radius 2 is 1.70 bits per heavy atom. The average Bonchev–Trinajstić information content (AvgIpc) is 3.14. The van der Waals surface area contributed by atoms with Crippen molar-refractivity contribution in [2.45, 2.75) is 89.2 Å². The van der Waals surface area contributed by atoms with E-state index in [0.29, 0.717) is 58.4 Å². The molecule has 0 aromatic heterocycles. The summed E-state index contributed by atoms with van der Waals surface area (Å²) in [6, 6.07) is 20.9. The first-order chi connectivity index (χ1) is 26.0. The predicted molar refractivity (Wildman–Crippen MR) is 210 cm³/mol. The van der Waals surface area contributed by atoms with Crippen LogP contribution in [0, 0.1) is 12.8 Å². The molecule has 5 atom stereocenters. The molecule has 2 heterocycles. The number of amides is 1. The van der Waals surface area contributed by atoms with Gasteiger partial charge in [-0.1, -0.05) is 55.0 Å². The molecule has 11 nitrogen and oxygen atoms in total. The number of nitrogens with zero attached hydrogens (tertiary/aromatic N) is 2. The van der Waals surface area contributed by atoms with Crippen LogP contribution in [0.15, 0.2) is 71.6 Å². The molecule has 0 saturated carbocycles. The number of nitrogens with one attached hydrogen (secondary N) is 1. The van der Waals surface area contributed by atoms with E-state index in [1.165, 1.54) is 6.92 Å². The van der Waals surface area contributed by atoms with E-state index < -0.39 is 16.1 Å². The van der Waals surface area contributed by atoms with Gasteiger partial charge >= 0.3 is 0 Å². The monoisotopic (exact) mass is 765 g/mol. The highest BCUT2D eigenvalue weighted by Gasteiger charge is 2.43. The lowest BCUT2D eigenvalue weighted by atomic mass is 9.82. The smallest absolute Gasteiger partial charge is 0.243 e. The number of fused-ring (bicyclic) bond motifs is 1. The Balaban J connectivity index is 1.43. The van der Waals surface area contributed by atoms with Gasteiger partial charge in [0.2, 0.25) is 15.9 Å². The number of hydrogen-bond donors (Lipinski definition) is 1. The molecule has 296 valence electrons. The second-order valence-corrected chi connectivity index (χ2v) is 16.8. The van der Waals surface area contributed by atoms with Crippen LogP contribution in [0.3, 0.4) is 0 Å². The molecule has 54 heavy (non-hydrogen) atoms. The predicted octanol–water partition coefficient (Wildman–Crippen LogP) is 6.08. The van der Waals surface area contributed by atoms with Gasteiger partial charge in [0.1, 0.15) is 12.4 Å². The van der Waals surface area contributed by atoms with E-state index >= 15 is 0 Å². The number of rotatable bonds is 19. The van der Waals surface area contributed by atoms with Crippen molar-refractivity contribution in [1.29, 1.82) is 0 Å². The van der Waals surface area contributed by atoms with Gasteiger partial charge in [0, 0.05) is 64.8 Å². The second kappa shape index (κ2) is 19.9. The van der Waals surface area contributed by atoms with Gasteiger partial charge in [0.25, 0.3) is 0 Å². The number of hydrogen-bond acceptors (Lipinski definition) is 9. The van der Waals surface area contributed by atoms with Gasteiger partial charge in [0.05, 0.1) is 49.7 Å². The minimum Gasteiger partial charge on any atom is -0.490 e. The number of carbonyl (C=O) groups is 1. The van der Waals surface area contributed by atoms with Crippen molar-refractivity contribution in [3.63, 3.8) is 0 Å². The summed E-state index contributed by atoms with van der Waals surface area (Å²) >= 11 is 0. The van der Waals surface area contributed by atoms with Crippen LogP contribution < -0.4 is 15.0 Å². The van der Waals surface area contributed by atoms with Crippen molar-refractivity contribution in [3.8, 4) is 5.75 Å². The lowest BCUT2D eigenvalue weighted by molar-refractivity contribution is -0.119. The fourth-order valence-electron chi connectivity index (χ4n) is 7.52. The van der Waals surface area contributed by atoms with Crippen LogP contribution in [0.4, 0.5) is 5.69 Å². The molecule has 12 heteroatoms. The SMILES string of the molecule is COCCCN1CCOc2ccc(CO[C@H]3CN(S(=O)(=O)c4ccc(C)cc4)[C@H](C[C@H](C)NC(C)=O)C[C@@H]3c3ccc(COCC(C)COC)cc3)cc21. The van der Waals surface area contributed by atoms with Crippen molar-refractivity contribution in [2.75, 3.05) is 65.2 Å². The molecule has 2 aliphatic rings. The summed E-state index contributed by atoms with van der Waals surface area (Å²) in [4.78, 5) is 14.6. The summed E-state index contributed by atoms with van der Waals surface area (Å²) in [6.45, 7) is 12.6. The molecule has 1 unspecified atom stereocenters. The Labute approximate surface area is 322 Å². The van der Waals surface area contributed by atoms with Gasteiger partial charge in [0.15, 0.2) is 0 Å². The maximum atomic E-state index is 14.4. The first-order valence-corrected chi connectivity index (χ1v) is 20.5. The summed E-state index contributed by atoms with van der Waals surface area (Å²) in [7, 11) is -0.488. The Kier molecular flexibility index (Phi) is 15.3. The van der Waals surface area contributed by atoms with E-state index in [-0.39, 0.29) is 35.3 Å². The van der Waals surface area contributed by atoms with Crippen molar-refractivity contribution in [2.24, 2.45) is 5.92 Å². The normalized spacial score (nSPS) is 20.2. The van der Waals surface area contributed by atoms with Crippen LogP contribution in [0.1, 0.15) is 68.2 Å². The molecule has 5 rings (SSSR count). The Hall–Kier alpha value is -3.52. The van der Waals surface area contributed by atoms with Crippen molar-refractivity contribution in [3.05, 3.63) is 89.0 Å². The van der Waals surface area contributed by atoms with Gasteiger partial charge < -0.3 is 33.9 Å². The van der Waals surface area contributed by atoms with Crippen molar-refractivity contribution in [1.82, 2.24) is 9.62 Å². The van der Waals surface area contributed by atoms with Crippen molar-refractivity contribution >= 4 is 21.6 Å². The zero-order chi connectivity index (χ0) is 38.7. The molecule has 0 radical (unpaired) electrons. The fraction of sp³-hybridized carbons (Fsp3) is 0.548. The number of aryl methyl sites for hydroxylation is 1. The minimum atomic E-state index is -3.90. The number of methoxy groups -OCH3 is 2. The first-order valence-electron chi connectivity index (χ1n) is 19.1. The van der Waals surface area contributed by atoms with Crippen LogP contribution in [0.5, 0.6) is 5.75 Å². The molecule has 3 aromatic rings. The van der Waals surface area contributed by atoms with E-state index in [4.69, 9.17) is 23.7 Å². The quantitative estimate of drug-likeness (QED) is 0.145. The highest BCUT2D eigenvalue weighted by Crippen LogP contribution is 2.39. The maximum Gasteiger partial charge on any atom is 0.243 e. The van der Waals surface area contributed by atoms with E-state index in [0.717, 1.165) is 53.2 Å². The largest absolute Gasteiger partial charge is 0.490 e. The van der Waals surface area contributed by atoms with E-state index in [2.05, 4.69) is 47.5 Å². The maximum absolute atomic E-state index is 14.4. The van der Waals surface area contributed by atoms with Gasteiger partial charge in [-0.3, -0.25) is 4.79 Å². The first kappa shape index (κ1) is 41.6. The number of sulfonamides is 1. The van der Waals surface area contributed by atoms with Gasteiger partial charge in [-0.2, -0.15) is 4.31 Å². The molecule has 1 fully saturated rings. The third-order valence-corrected chi connectivity index (χ3v) is 12.1. The van der Waals surface area contributed by atoms with Crippen LogP contribution in [0.25, 0.3) is 0 Å². The zero-order valence-corrected chi connectivity index (χ0v) is 33.6. The van der Waals surface area contributed by atoms with E-state index in [1.807, 2.05) is 38.1 Å². The highest BCUT2D eigenvalue weighted by molar-refractivity contribution is 7.89. The molecule has 0 aliphatic carbocycles. The molecule has 2 aliphatic heterocycles. The molecule has 1 amide bonds. The zero-order valence-electron chi connectivity index (χ0n) is 32.8. The summed E-state index contributed by atoms with van der Waals surface area (Å²) in [6.07, 6.45) is 1.45. The van der Waals surface area contributed by atoms with E-state index in [1.54, 1.807) is 30.7 Å². The molecule has 0 spiro atoms. The molecular weight excluding hydrogens is 707 g/mol. The average molecular weight is 766 g/mol. The Morgan fingerprint density at radius 1 is 0.963 bits per heavy atom. The molecular formula is C42H59N3O8S. The van der Waals surface area contributed by atoms with Crippen molar-refractivity contribution < 1.29 is 36.9 Å². The summed E-state index contributed by atoms with van der Waals surface area (Å²) in [5.74, 6) is 0.895. The van der Waals surface area contributed by atoms with Crippen LogP contribution in [0.2, 0.25) is 0 Å². The topological polar surface area (TPSA) is 116 Å². The highest BCUT2D eigenvalue weighted by atomic mass is 32.2. The van der Waals surface area contributed by atoms with Gasteiger partial charge in [-0.15, -0.1) is 0 Å². The third kappa shape index (κ3) is 11.3. The summed E-state index contributed by atoms with van der Waals surface area (Å²) < 4.78 is 59.8. The number of piperidine rings is 1.